The number of amides is 6. The largest absolute Gasteiger partial charge is 0.323 e. The molecule has 0 unspecified atom stereocenters. The highest BCUT2D eigenvalue weighted by molar-refractivity contribution is 7.86. The molecule has 6 aromatic rings. The number of carbonyl (C=O) groups excluding carboxylic acids is 5. The molecule has 6 amide bonds. The lowest BCUT2D eigenvalue weighted by Gasteiger charge is -2.13. The molecule has 316 valence electrons. The first-order chi connectivity index (χ1) is 29.3. The molecule has 0 aliphatic rings. The lowest BCUT2D eigenvalue weighted by Crippen LogP contribution is -2.20. The number of urea groups is 1. The number of rotatable bonds is 12. The van der Waals surface area contributed by atoms with Crippen molar-refractivity contribution in [2.75, 3.05) is 31.9 Å². The molecule has 0 bridgehead atoms. The molecule has 0 saturated carbocycles. The summed E-state index contributed by atoms with van der Waals surface area (Å²) in [4.78, 5) is 64.4. The molecule has 0 saturated heterocycles. The smallest absolute Gasteiger partial charge is 0.322 e. The van der Waals surface area contributed by atoms with Gasteiger partial charge in [0.15, 0.2) is 0 Å². The second kappa shape index (κ2) is 18.3. The van der Waals surface area contributed by atoms with Crippen molar-refractivity contribution in [1.29, 1.82) is 0 Å². The fourth-order valence-electron chi connectivity index (χ4n) is 5.88. The van der Waals surface area contributed by atoms with Crippen LogP contribution in [0.25, 0.3) is 0 Å². The van der Waals surface area contributed by atoms with Crippen molar-refractivity contribution >= 4 is 84.0 Å². The van der Waals surface area contributed by atoms with E-state index in [2.05, 4.69) is 31.9 Å². The minimum atomic E-state index is -4.38. The van der Waals surface area contributed by atoms with Gasteiger partial charge in [0.05, 0.1) is 9.79 Å². The molecule has 17 nitrogen and oxygen atoms in total. The molecule has 0 aliphatic heterocycles. The van der Waals surface area contributed by atoms with Gasteiger partial charge in [-0.3, -0.25) is 28.3 Å². The molecule has 6 rings (SSSR count). The summed E-state index contributed by atoms with van der Waals surface area (Å²) in [5.74, 6) is -1.97. The van der Waals surface area contributed by atoms with Crippen LogP contribution in [0.2, 0.25) is 0 Å². The average Bonchev–Trinajstić information content (AvgIpc) is 3.22. The van der Waals surface area contributed by atoms with Crippen molar-refractivity contribution in [3.8, 4) is 0 Å². The molecule has 0 fully saturated rings. The Bertz CT molecular complexity index is 2780. The van der Waals surface area contributed by atoms with Crippen LogP contribution in [0.1, 0.15) is 52.6 Å². The minimum absolute atomic E-state index is 0.216. The lowest BCUT2D eigenvalue weighted by atomic mass is 10.1. The zero-order valence-electron chi connectivity index (χ0n) is 32.6. The Kier molecular flexibility index (Phi) is 12.9. The summed E-state index contributed by atoms with van der Waals surface area (Å²) in [6, 6.07) is 30.8. The number of carbonyl (C=O) groups is 5. The molecule has 0 atom stereocenters. The predicted octanol–water partition coefficient (Wildman–Crippen LogP) is 7.45. The van der Waals surface area contributed by atoms with Crippen molar-refractivity contribution in [1.82, 2.24) is 0 Å². The maximum absolute atomic E-state index is 13.2. The van der Waals surface area contributed by atoms with Crippen molar-refractivity contribution < 1.29 is 49.9 Å². The van der Waals surface area contributed by atoms with Crippen molar-refractivity contribution in [2.45, 2.75) is 23.6 Å². The summed E-state index contributed by atoms with van der Waals surface area (Å²) in [6.45, 7) is 3.39. The molecule has 62 heavy (non-hydrogen) atoms. The van der Waals surface area contributed by atoms with Crippen molar-refractivity contribution in [3.05, 3.63) is 167 Å². The summed E-state index contributed by atoms with van der Waals surface area (Å²) in [7, 11) is -8.76. The van der Waals surface area contributed by atoms with Crippen LogP contribution in [0.3, 0.4) is 0 Å². The molecular formula is C43H36N6O11S2. The second-order valence-corrected chi connectivity index (χ2v) is 16.5. The number of nitrogens with one attached hydrogen (secondary N) is 6. The zero-order chi connectivity index (χ0) is 44.8. The Labute approximate surface area is 355 Å². The number of hydrogen-bond acceptors (Lipinski definition) is 9. The molecule has 6 aromatic carbocycles. The Morgan fingerprint density at radius 2 is 0.726 bits per heavy atom. The van der Waals surface area contributed by atoms with Gasteiger partial charge in [-0.2, -0.15) is 16.8 Å². The quantitative estimate of drug-likeness (QED) is 0.0560. The van der Waals surface area contributed by atoms with Crippen molar-refractivity contribution in [3.63, 3.8) is 0 Å². The Morgan fingerprint density at radius 1 is 0.387 bits per heavy atom. The number of hydrogen-bond donors (Lipinski definition) is 8. The first-order valence-electron chi connectivity index (χ1n) is 18.2. The second-order valence-electron chi connectivity index (χ2n) is 13.6. The van der Waals surface area contributed by atoms with Gasteiger partial charge in [0.1, 0.15) is 0 Å². The third kappa shape index (κ3) is 11.3. The van der Waals surface area contributed by atoms with Crippen LogP contribution in [0.15, 0.2) is 143 Å². The van der Waals surface area contributed by atoms with Crippen molar-refractivity contribution in [2.24, 2.45) is 0 Å². The number of aryl methyl sites for hydroxylation is 2. The van der Waals surface area contributed by atoms with Gasteiger partial charge >= 0.3 is 6.03 Å². The Balaban J connectivity index is 1.01. The van der Waals surface area contributed by atoms with Crippen LogP contribution >= 0.6 is 0 Å². The highest BCUT2D eigenvalue weighted by Gasteiger charge is 2.16. The van der Waals surface area contributed by atoms with Crippen LogP contribution in [0, 0.1) is 13.8 Å². The standard InChI is InChI=1S/C43H36N6O11S2/c1-25-21-29(39(50)44-31-11-15-35(16-12-31)61(55,56)57)9-19-37(25)48-41(52)27-5-3-7-33(23-27)46-43(54)47-34-8-4-6-28(24-34)42(53)49-38-20-10-30(22-26(38)2)40(51)45-32-13-17-36(18-14-32)62(58,59)60/h3-24H,1-2H3,(H,44,50)(H,45,51)(H,48,52)(H,49,53)(H2,46,47,54)(H,55,56,57)(H,58,59,60). The third-order valence-corrected chi connectivity index (χ3v) is 10.8. The Hall–Kier alpha value is -7.71. The van der Waals surface area contributed by atoms with Gasteiger partial charge in [0, 0.05) is 56.4 Å². The topological polar surface area (TPSA) is 266 Å². The number of benzene rings is 6. The predicted molar refractivity (Wildman–Crippen MR) is 232 cm³/mol. The summed E-state index contributed by atoms with van der Waals surface area (Å²) >= 11 is 0. The first-order valence-corrected chi connectivity index (χ1v) is 21.1. The lowest BCUT2D eigenvalue weighted by molar-refractivity contribution is 0.101. The zero-order valence-corrected chi connectivity index (χ0v) is 34.2. The summed E-state index contributed by atoms with van der Waals surface area (Å²) < 4.78 is 63.4. The Morgan fingerprint density at radius 3 is 1.06 bits per heavy atom. The van der Waals surface area contributed by atoms with E-state index in [1.165, 1.54) is 48.5 Å². The van der Waals surface area contributed by atoms with Crippen LogP contribution < -0.4 is 31.9 Å². The molecule has 0 aliphatic carbocycles. The van der Waals surface area contributed by atoms with Crippen LogP contribution in [0.5, 0.6) is 0 Å². The molecule has 19 heteroatoms. The maximum atomic E-state index is 13.2. The molecule has 0 heterocycles. The molecule has 0 aromatic heterocycles. The van der Waals surface area contributed by atoms with E-state index in [0.717, 1.165) is 24.3 Å². The van der Waals surface area contributed by atoms with Gasteiger partial charge in [0.25, 0.3) is 43.9 Å². The third-order valence-electron chi connectivity index (χ3n) is 9.06. The summed E-state index contributed by atoms with van der Waals surface area (Å²) in [5, 5.41) is 16.2. The molecule has 8 N–H and O–H groups in total. The average molecular weight is 877 g/mol. The van der Waals surface area contributed by atoms with E-state index in [-0.39, 0.29) is 32.0 Å². The highest BCUT2D eigenvalue weighted by Crippen LogP contribution is 2.23. The van der Waals surface area contributed by atoms with E-state index in [1.54, 1.807) is 74.5 Å². The first kappa shape index (κ1) is 43.9. The maximum Gasteiger partial charge on any atom is 0.323 e. The van der Waals surface area contributed by atoms with E-state index in [0.29, 0.717) is 45.3 Å². The van der Waals surface area contributed by atoms with E-state index >= 15 is 0 Å². The molecule has 0 radical (unpaired) electrons. The van der Waals surface area contributed by atoms with E-state index < -0.39 is 49.9 Å². The number of anilines is 6. The van der Waals surface area contributed by atoms with E-state index in [9.17, 15) is 40.8 Å². The highest BCUT2D eigenvalue weighted by atomic mass is 32.2. The van der Waals surface area contributed by atoms with Gasteiger partial charge in [-0.1, -0.05) is 12.1 Å². The van der Waals surface area contributed by atoms with E-state index in [4.69, 9.17) is 9.11 Å². The van der Waals surface area contributed by atoms with Crippen LogP contribution in [-0.4, -0.2) is 55.6 Å². The fraction of sp³-hybridized carbons (Fsp3) is 0.0465. The summed E-state index contributed by atoms with van der Waals surface area (Å²) in [5.41, 5.74) is 4.12. The monoisotopic (exact) mass is 876 g/mol. The van der Waals surface area contributed by atoms with Crippen LogP contribution in [-0.2, 0) is 20.2 Å². The van der Waals surface area contributed by atoms with Gasteiger partial charge < -0.3 is 31.9 Å². The van der Waals surface area contributed by atoms with Gasteiger partial charge in [-0.25, -0.2) is 4.79 Å². The molecule has 0 spiro atoms. The van der Waals surface area contributed by atoms with Gasteiger partial charge in [0.2, 0.25) is 0 Å². The van der Waals surface area contributed by atoms with Crippen LogP contribution in [0.4, 0.5) is 38.9 Å². The van der Waals surface area contributed by atoms with E-state index in [1.807, 2.05) is 0 Å². The summed E-state index contributed by atoms with van der Waals surface area (Å²) in [6.07, 6.45) is 0. The fourth-order valence-corrected chi connectivity index (χ4v) is 6.84. The van der Waals surface area contributed by atoms with Gasteiger partial charge in [-0.15, -0.1) is 0 Å². The SMILES string of the molecule is Cc1cc(C(=O)Nc2ccc(S(=O)(=O)O)cc2)ccc1NC(=O)c1cccc(NC(=O)Nc2cccc(C(=O)Nc3ccc(C(=O)Nc4ccc(S(=O)(=O)O)cc4)cc3C)c2)c1. The van der Waals surface area contributed by atoms with Gasteiger partial charge in [-0.05, 0) is 146 Å². The molecular weight excluding hydrogens is 841 g/mol. The normalized spacial score (nSPS) is 11.2. The minimum Gasteiger partial charge on any atom is -0.322 e.